The number of aldehydes is 1. The van der Waals surface area contributed by atoms with E-state index in [0.717, 1.165) is 43.7 Å². The molecule has 0 aromatic carbocycles. The Morgan fingerprint density at radius 3 is 2.90 bits per heavy atom. The number of fused-ring (bicyclic) bond motifs is 1. The number of amides is 3. The molecule has 2 N–H and O–H groups in total. The first-order chi connectivity index (χ1) is 18.9. The molecule has 3 aliphatic heterocycles. The van der Waals surface area contributed by atoms with Crippen molar-refractivity contribution in [2.45, 2.75) is 37.5 Å². The van der Waals surface area contributed by atoms with Gasteiger partial charge in [-0.25, -0.2) is 14.8 Å². The second kappa shape index (κ2) is 12.0. The van der Waals surface area contributed by atoms with Gasteiger partial charge in [0.05, 0.1) is 17.8 Å². The van der Waals surface area contributed by atoms with E-state index in [1.165, 1.54) is 17.5 Å². The van der Waals surface area contributed by atoms with E-state index in [1.54, 1.807) is 11.0 Å². The summed E-state index contributed by atoms with van der Waals surface area (Å²) < 4.78 is 0. The lowest BCUT2D eigenvalue weighted by molar-refractivity contribution is -0.136. The summed E-state index contributed by atoms with van der Waals surface area (Å²) >= 11 is 1.93. The minimum atomic E-state index is -0.406. The monoisotopic (exact) mass is 548 g/mol. The Morgan fingerprint density at radius 1 is 1.28 bits per heavy atom. The number of pyridine rings is 2. The Kier molecular flexibility index (Phi) is 8.28. The number of rotatable bonds is 7. The zero-order valence-corrected chi connectivity index (χ0v) is 22.8. The van der Waals surface area contributed by atoms with E-state index in [1.807, 2.05) is 29.8 Å². The third kappa shape index (κ3) is 6.15. The van der Waals surface area contributed by atoms with Crippen LogP contribution in [-0.4, -0.2) is 88.8 Å². The Hall–Kier alpha value is -3.69. The highest BCUT2D eigenvalue weighted by Gasteiger charge is 2.28. The highest BCUT2D eigenvalue weighted by atomic mass is 32.2. The van der Waals surface area contributed by atoms with Crippen molar-refractivity contribution >= 4 is 47.3 Å². The Labute approximate surface area is 231 Å². The lowest BCUT2D eigenvalue weighted by Gasteiger charge is -2.33. The van der Waals surface area contributed by atoms with Gasteiger partial charge in [0.25, 0.3) is 0 Å². The van der Waals surface area contributed by atoms with Gasteiger partial charge in [-0.15, -0.1) is 0 Å². The number of anilines is 3. The van der Waals surface area contributed by atoms with Gasteiger partial charge in [-0.3, -0.25) is 24.7 Å². The van der Waals surface area contributed by atoms with E-state index in [-0.39, 0.29) is 11.6 Å². The van der Waals surface area contributed by atoms with Gasteiger partial charge in [0.1, 0.15) is 23.4 Å². The molecule has 1 unspecified atom stereocenters. The molecular formula is C27H32N8O3S. The largest absolute Gasteiger partial charge is 0.383 e. The van der Waals surface area contributed by atoms with Crippen LogP contribution in [0.15, 0.2) is 18.3 Å². The molecule has 0 saturated carbocycles. The minimum Gasteiger partial charge on any atom is -0.383 e. The number of aryl methyl sites for hydroxylation is 1. The summed E-state index contributed by atoms with van der Waals surface area (Å²) in [6.07, 6.45) is 5.94. The number of hydrogen-bond donors (Lipinski definition) is 2. The number of nitriles is 1. The van der Waals surface area contributed by atoms with Crippen LogP contribution in [-0.2, 0) is 17.8 Å². The fraction of sp³-hybridized carbons (Fsp3) is 0.481. The molecule has 3 aliphatic rings. The smallest absolute Gasteiger partial charge is 0.328 e. The Morgan fingerprint density at radius 2 is 2.15 bits per heavy atom. The van der Waals surface area contributed by atoms with Crippen molar-refractivity contribution in [2.75, 3.05) is 61.1 Å². The number of carbonyl (C=O) groups excluding carboxylic acids is 3. The maximum Gasteiger partial charge on any atom is 0.328 e. The van der Waals surface area contributed by atoms with Crippen LogP contribution in [0.2, 0.25) is 0 Å². The van der Waals surface area contributed by atoms with Gasteiger partial charge in [-0.05, 0) is 50.1 Å². The highest BCUT2D eigenvalue weighted by molar-refractivity contribution is 8.00. The predicted octanol–water partition coefficient (Wildman–Crippen LogP) is 2.73. The molecule has 2 aromatic heterocycles. The van der Waals surface area contributed by atoms with Gasteiger partial charge in [0, 0.05) is 55.8 Å². The zero-order chi connectivity index (χ0) is 27.4. The average Bonchev–Trinajstić information content (AvgIpc) is 3.46. The van der Waals surface area contributed by atoms with Crippen LogP contribution in [0, 0.1) is 11.3 Å². The summed E-state index contributed by atoms with van der Waals surface area (Å²) in [7, 11) is 1.91. The van der Waals surface area contributed by atoms with Crippen LogP contribution in [0.1, 0.15) is 46.4 Å². The number of carbonyl (C=O) groups is 3. The molecule has 2 aromatic rings. The molecule has 2 saturated heterocycles. The van der Waals surface area contributed by atoms with Crippen molar-refractivity contribution in [3.63, 3.8) is 0 Å². The van der Waals surface area contributed by atoms with Crippen LogP contribution in [0.3, 0.4) is 0 Å². The molecule has 0 bridgehead atoms. The molecular weight excluding hydrogens is 516 g/mol. The van der Waals surface area contributed by atoms with Crippen molar-refractivity contribution in [3.05, 3.63) is 40.7 Å². The zero-order valence-electron chi connectivity index (χ0n) is 22.0. The first-order valence-electron chi connectivity index (χ1n) is 13.2. The molecule has 2 fully saturated rings. The van der Waals surface area contributed by atoms with Crippen molar-refractivity contribution < 1.29 is 14.4 Å². The highest BCUT2D eigenvalue weighted by Crippen LogP contribution is 2.30. The van der Waals surface area contributed by atoms with E-state index in [0.29, 0.717) is 66.2 Å². The number of thioether (sulfide) groups is 1. The van der Waals surface area contributed by atoms with Gasteiger partial charge < -0.3 is 10.2 Å². The maximum atomic E-state index is 13.3. The van der Waals surface area contributed by atoms with Gasteiger partial charge in [-0.1, -0.05) is 0 Å². The van der Waals surface area contributed by atoms with Crippen LogP contribution in [0.25, 0.3) is 0 Å². The maximum absolute atomic E-state index is 13.3. The first-order valence-corrected chi connectivity index (χ1v) is 14.3. The molecule has 5 rings (SSSR count). The molecule has 1 atom stereocenters. The molecule has 11 nitrogen and oxygen atoms in total. The van der Waals surface area contributed by atoms with Gasteiger partial charge in [0.2, 0.25) is 5.91 Å². The number of nitrogens with one attached hydrogen (secondary N) is 2. The summed E-state index contributed by atoms with van der Waals surface area (Å²) in [5.41, 5.74) is 2.84. The van der Waals surface area contributed by atoms with E-state index >= 15 is 0 Å². The molecule has 0 spiro atoms. The fourth-order valence-electron chi connectivity index (χ4n) is 5.15. The van der Waals surface area contributed by atoms with Crippen molar-refractivity contribution in [2.24, 2.45) is 0 Å². The molecule has 204 valence electrons. The third-order valence-corrected chi connectivity index (χ3v) is 8.70. The second-order valence-corrected chi connectivity index (χ2v) is 11.5. The van der Waals surface area contributed by atoms with Crippen molar-refractivity contribution in [3.8, 4) is 6.07 Å². The molecule has 39 heavy (non-hydrogen) atoms. The number of nitrogens with zero attached hydrogens (tertiary/aromatic N) is 6. The molecule has 0 radical (unpaired) electrons. The number of piperazine rings is 1. The standard InChI is InChI=1S/C27H32N8O3S/c1-33-7-8-34(25(37)16-33)15-19-10-18-4-2-6-35(26(18)31-23(19)17-36)27(38)32-24-11-22(20(12-28)13-30-24)29-14-21-5-3-9-39-21/h10-11,13,17,21H,2-9,14-16H2,1H3,(H2,29,30,32,38). The van der Waals surface area contributed by atoms with Gasteiger partial charge in [-0.2, -0.15) is 17.0 Å². The fourth-order valence-corrected chi connectivity index (χ4v) is 6.35. The van der Waals surface area contributed by atoms with Crippen molar-refractivity contribution in [1.82, 2.24) is 19.8 Å². The Balaban J connectivity index is 1.32. The van der Waals surface area contributed by atoms with E-state index in [9.17, 15) is 19.6 Å². The summed E-state index contributed by atoms with van der Waals surface area (Å²) in [4.78, 5) is 51.9. The number of hydrogen-bond acceptors (Lipinski definition) is 9. The molecule has 3 amide bonds. The summed E-state index contributed by atoms with van der Waals surface area (Å²) in [5, 5.41) is 16.2. The van der Waals surface area contributed by atoms with Gasteiger partial charge in [0.15, 0.2) is 6.29 Å². The first kappa shape index (κ1) is 26.9. The third-order valence-electron chi connectivity index (χ3n) is 7.31. The van der Waals surface area contributed by atoms with Crippen LogP contribution >= 0.6 is 11.8 Å². The van der Waals surface area contributed by atoms with E-state index in [2.05, 4.69) is 26.7 Å². The summed E-state index contributed by atoms with van der Waals surface area (Å²) in [6.45, 7) is 3.22. The van der Waals surface area contributed by atoms with Crippen LogP contribution in [0.5, 0.6) is 0 Å². The molecule has 5 heterocycles. The lowest BCUT2D eigenvalue weighted by Crippen LogP contribution is -2.48. The molecule has 12 heteroatoms. The summed E-state index contributed by atoms with van der Waals surface area (Å²) in [6, 6.07) is 5.33. The average molecular weight is 549 g/mol. The normalized spacial score (nSPS) is 19.4. The van der Waals surface area contributed by atoms with E-state index in [4.69, 9.17) is 0 Å². The van der Waals surface area contributed by atoms with Crippen LogP contribution < -0.4 is 15.5 Å². The van der Waals surface area contributed by atoms with Gasteiger partial charge >= 0.3 is 6.03 Å². The topological polar surface area (TPSA) is 135 Å². The molecule has 0 aliphatic carbocycles. The lowest BCUT2D eigenvalue weighted by atomic mass is 10.0. The quantitative estimate of drug-likeness (QED) is 0.501. The van der Waals surface area contributed by atoms with Crippen molar-refractivity contribution in [1.29, 1.82) is 5.26 Å². The Bertz CT molecular complexity index is 1310. The number of likely N-dealkylation sites (N-methyl/N-ethyl adjacent to an activating group) is 1. The SMILES string of the molecule is CN1CCN(Cc2cc3c(nc2C=O)N(C(=O)Nc2cc(NCC4CCCS4)c(C#N)cn2)CCC3)C(=O)C1. The van der Waals surface area contributed by atoms with Crippen LogP contribution in [0.4, 0.5) is 22.1 Å². The summed E-state index contributed by atoms with van der Waals surface area (Å²) in [5.74, 6) is 1.94. The van der Waals surface area contributed by atoms with E-state index < -0.39 is 6.03 Å². The number of aromatic nitrogens is 2. The minimum absolute atomic E-state index is 0.0186. The predicted molar refractivity (Wildman–Crippen MR) is 150 cm³/mol. The second-order valence-electron chi connectivity index (χ2n) is 10.1. The number of urea groups is 1.